The van der Waals surface area contributed by atoms with E-state index in [1.54, 1.807) is 22.8 Å². The number of thioether (sulfide) groups is 1. The maximum Gasteiger partial charge on any atom is 0.321 e. The predicted octanol–water partition coefficient (Wildman–Crippen LogP) is 3.07. The van der Waals surface area contributed by atoms with E-state index in [2.05, 4.69) is 20.8 Å². The highest BCUT2D eigenvalue weighted by Crippen LogP contribution is 2.26. The van der Waals surface area contributed by atoms with Crippen molar-refractivity contribution in [2.75, 3.05) is 12.3 Å². The van der Waals surface area contributed by atoms with E-state index in [9.17, 15) is 14.0 Å². The number of rotatable bonds is 8. The van der Waals surface area contributed by atoms with Gasteiger partial charge in [-0.3, -0.25) is 10.1 Å². The van der Waals surface area contributed by atoms with Crippen LogP contribution in [0.2, 0.25) is 0 Å². The van der Waals surface area contributed by atoms with Gasteiger partial charge in [-0.15, -0.1) is 10.2 Å². The molecule has 0 atom stereocenters. The Morgan fingerprint density at radius 3 is 2.67 bits per heavy atom. The Kier molecular flexibility index (Phi) is 7.78. The number of carbonyl (C=O) groups is 2. The number of hydrogen-bond acceptors (Lipinski definition) is 5. The third-order valence-corrected chi connectivity index (χ3v) is 4.47. The maximum absolute atomic E-state index is 14.2. The van der Waals surface area contributed by atoms with Gasteiger partial charge in [-0.05, 0) is 24.5 Å². The first-order chi connectivity index (χ1) is 12.9. The molecule has 146 valence electrons. The molecule has 9 heteroatoms. The summed E-state index contributed by atoms with van der Waals surface area (Å²) in [5, 5.41) is 13.6. The van der Waals surface area contributed by atoms with Gasteiger partial charge in [0.25, 0.3) is 0 Å². The average Bonchev–Trinajstić information content (AvgIpc) is 3.00. The Morgan fingerprint density at radius 2 is 2.00 bits per heavy atom. The topological polar surface area (TPSA) is 88.9 Å². The normalized spacial score (nSPS) is 10.9. The van der Waals surface area contributed by atoms with E-state index in [4.69, 9.17) is 0 Å². The number of nitrogens with one attached hydrogen (secondary N) is 2. The number of hydrogen-bond donors (Lipinski definition) is 2. The zero-order valence-electron chi connectivity index (χ0n) is 15.7. The van der Waals surface area contributed by atoms with E-state index in [0.717, 1.165) is 18.2 Å². The molecular weight excluding hydrogens is 369 g/mol. The van der Waals surface area contributed by atoms with Crippen molar-refractivity contribution >= 4 is 23.7 Å². The molecule has 0 bridgehead atoms. The lowest BCUT2D eigenvalue weighted by molar-refractivity contribution is -0.117. The van der Waals surface area contributed by atoms with Crippen LogP contribution in [0.15, 0.2) is 29.4 Å². The maximum atomic E-state index is 14.2. The van der Waals surface area contributed by atoms with Crippen LogP contribution in [0, 0.1) is 11.7 Å². The number of halogens is 1. The largest absolute Gasteiger partial charge is 0.338 e. The zero-order chi connectivity index (χ0) is 19.8. The van der Waals surface area contributed by atoms with Gasteiger partial charge in [0.05, 0.1) is 11.3 Å². The third kappa shape index (κ3) is 6.06. The van der Waals surface area contributed by atoms with Crippen molar-refractivity contribution in [2.45, 2.75) is 38.9 Å². The van der Waals surface area contributed by atoms with Crippen LogP contribution in [-0.4, -0.2) is 39.0 Å². The van der Waals surface area contributed by atoms with Crippen LogP contribution in [0.4, 0.5) is 9.18 Å². The SMILES string of the molecule is CCCNC(=O)NC(=O)CSc1nnc(-c2ccccc2F)n1CC(C)C. The van der Waals surface area contributed by atoms with Crippen LogP contribution < -0.4 is 10.6 Å². The molecule has 2 rings (SSSR count). The van der Waals surface area contributed by atoms with Crippen molar-refractivity contribution in [3.8, 4) is 11.4 Å². The Bertz CT molecular complexity index is 794. The fourth-order valence-corrected chi connectivity index (χ4v) is 3.09. The molecule has 1 aromatic carbocycles. The Morgan fingerprint density at radius 1 is 1.26 bits per heavy atom. The van der Waals surface area contributed by atoms with Crippen molar-refractivity contribution in [1.82, 2.24) is 25.4 Å². The molecule has 2 aromatic rings. The summed E-state index contributed by atoms with van der Waals surface area (Å²) in [6.45, 7) is 7.07. The van der Waals surface area contributed by atoms with E-state index in [-0.39, 0.29) is 17.5 Å². The molecule has 2 N–H and O–H groups in total. The molecule has 1 aromatic heterocycles. The molecule has 1 heterocycles. The van der Waals surface area contributed by atoms with Crippen molar-refractivity contribution < 1.29 is 14.0 Å². The summed E-state index contributed by atoms with van der Waals surface area (Å²) in [7, 11) is 0. The first-order valence-electron chi connectivity index (χ1n) is 8.81. The van der Waals surface area contributed by atoms with Crippen molar-refractivity contribution in [3.05, 3.63) is 30.1 Å². The van der Waals surface area contributed by atoms with Gasteiger partial charge < -0.3 is 9.88 Å². The summed E-state index contributed by atoms with van der Waals surface area (Å²) in [6.07, 6.45) is 0.785. The summed E-state index contributed by atoms with van der Waals surface area (Å²) >= 11 is 1.16. The highest BCUT2D eigenvalue weighted by Gasteiger charge is 2.19. The minimum atomic E-state index is -0.516. The number of urea groups is 1. The van der Waals surface area contributed by atoms with Gasteiger partial charge in [0.1, 0.15) is 5.82 Å². The Labute approximate surface area is 162 Å². The second-order valence-corrected chi connectivity index (χ2v) is 7.33. The summed E-state index contributed by atoms with van der Waals surface area (Å²) in [5.74, 6) is -0.102. The van der Waals surface area contributed by atoms with Crippen molar-refractivity contribution in [3.63, 3.8) is 0 Å². The van der Waals surface area contributed by atoms with Crippen LogP contribution in [0.1, 0.15) is 27.2 Å². The molecule has 27 heavy (non-hydrogen) atoms. The number of benzene rings is 1. The number of carbonyl (C=O) groups excluding carboxylic acids is 2. The first kappa shape index (κ1) is 20.9. The lowest BCUT2D eigenvalue weighted by Crippen LogP contribution is -2.40. The molecule has 0 saturated carbocycles. The third-order valence-electron chi connectivity index (χ3n) is 3.50. The monoisotopic (exact) mass is 393 g/mol. The van der Waals surface area contributed by atoms with Gasteiger partial charge in [-0.1, -0.05) is 44.7 Å². The van der Waals surface area contributed by atoms with Crippen molar-refractivity contribution in [2.24, 2.45) is 5.92 Å². The van der Waals surface area contributed by atoms with Gasteiger partial charge in [-0.2, -0.15) is 0 Å². The van der Waals surface area contributed by atoms with E-state index >= 15 is 0 Å². The van der Waals surface area contributed by atoms with E-state index in [1.165, 1.54) is 6.07 Å². The first-order valence-corrected chi connectivity index (χ1v) is 9.79. The zero-order valence-corrected chi connectivity index (χ0v) is 16.5. The second-order valence-electron chi connectivity index (χ2n) is 6.38. The number of imide groups is 1. The van der Waals surface area contributed by atoms with Gasteiger partial charge in [0, 0.05) is 13.1 Å². The van der Waals surface area contributed by atoms with Gasteiger partial charge >= 0.3 is 6.03 Å². The van der Waals surface area contributed by atoms with Gasteiger partial charge in [-0.25, -0.2) is 9.18 Å². The van der Waals surface area contributed by atoms with Crippen LogP contribution in [0.25, 0.3) is 11.4 Å². The van der Waals surface area contributed by atoms with Crippen LogP contribution in [0.5, 0.6) is 0 Å². The fourth-order valence-electron chi connectivity index (χ4n) is 2.34. The van der Waals surface area contributed by atoms with Crippen molar-refractivity contribution in [1.29, 1.82) is 0 Å². The minimum absolute atomic E-state index is 0.00699. The number of amides is 3. The summed E-state index contributed by atoms with van der Waals surface area (Å²) < 4.78 is 16.0. The smallest absolute Gasteiger partial charge is 0.321 e. The lowest BCUT2D eigenvalue weighted by atomic mass is 10.2. The predicted molar refractivity (Wildman–Crippen MR) is 103 cm³/mol. The quantitative estimate of drug-likeness (QED) is 0.673. The summed E-state index contributed by atoms with van der Waals surface area (Å²) in [6, 6.07) is 5.86. The van der Waals surface area contributed by atoms with Crippen LogP contribution >= 0.6 is 11.8 Å². The van der Waals surface area contributed by atoms with E-state index in [0.29, 0.717) is 29.6 Å². The Hall–Kier alpha value is -2.42. The molecule has 0 unspecified atom stereocenters. The molecule has 0 aliphatic rings. The fraction of sp³-hybridized carbons (Fsp3) is 0.444. The molecule has 0 fully saturated rings. The molecule has 0 spiro atoms. The van der Waals surface area contributed by atoms with E-state index in [1.807, 2.05) is 20.8 Å². The van der Waals surface area contributed by atoms with Crippen LogP contribution in [-0.2, 0) is 11.3 Å². The summed E-state index contributed by atoms with van der Waals surface area (Å²) in [4.78, 5) is 23.5. The molecular formula is C18H24FN5O2S. The highest BCUT2D eigenvalue weighted by atomic mass is 32.2. The van der Waals surface area contributed by atoms with Crippen LogP contribution in [0.3, 0.4) is 0 Å². The minimum Gasteiger partial charge on any atom is -0.338 e. The van der Waals surface area contributed by atoms with E-state index < -0.39 is 11.9 Å². The molecule has 0 aliphatic carbocycles. The molecule has 0 aliphatic heterocycles. The molecule has 0 radical (unpaired) electrons. The standard InChI is InChI=1S/C18H24FN5O2S/c1-4-9-20-17(26)21-15(25)11-27-18-23-22-16(24(18)10-12(2)3)13-7-5-6-8-14(13)19/h5-8,12H,4,9-11H2,1-3H3,(H2,20,21,25,26). The molecule has 3 amide bonds. The number of aromatic nitrogens is 3. The number of nitrogens with zero attached hydrogens (tertiary/aromatic N) is 3. The second kappa shape index (κ2) is 10.1. The highest BCUT2D eigenvalue weighted by molar-refractivity contribution is 7.99. The molecule has 7 nitrogen and oxygen atoms in total. The van der Waals surface area contributed by atoms with Gasteiger partial charge in [0.15, 0.2) is 11.0 Å². The molecule has 0 saturated heterocycles. The Balaban J connectivity index is 2.12. The summed E-state index contributed by atoms with van der Waals surface area (Å²) in [5.41, 5.74) is 0.362. The average molecular weight is 393 g/mol. The van der Waals surface area contributed by atoms with Gasteiger partial charge in [0.2, 0.25) is 5.91 Å². The lowest BCUT2D eigenvalue weighted by Gasteiger charge is -2.13.